The molecule has 0 bridgehead atoms. The van der Waals surface area contributed by atoms with Crippen molar-refractivity contribution in [2.75, 3.05) is 0 Å². The summed E-state index contributed by atoms with van der Waals surface area (Å²) in [7, 11) is -8.60. The highest BCUT2D eigenvalue weighted by Gasteiger charge is 2.42. The molecule has 63 heavy (non-hydrogen) atoms. The van der Waals surface area contributed by atoms with E-state index in [1.54, 1.807) is 12.1 Å². The SMILES string of the molecule is CC(C)CCCCCCCc1c(C(C)(C)c2ccc([P+](O)(O)O)c(CCCCCCCC(C)C)c2CCCCCCCC(C)C)ccc([P+](O)(O)O)c1CCCCCCCC(C)C. The predicted octanol–water partition coefficient (Wildman–Crippen LogP) is 14.9. The predicted molar refractivity (Wildman–Crippen MR) is 276 cm³/mol. The van der Waals surface area contributed by atoms with Crippen LogP contribution in [0.4, 0.5) is 0 Å². The lowest BCUT2D eigenvalue weighted by atomic mass is 9.71. The Morgan fingerprint density at radius 2 is 0.556 bits per heavy atom. The molecule has 6 N–H and O–H groups in total. The normalized spacial score (nSPS) is 12.9. The first-order chi connectivity index (χ1) is 29.7. The lowest BCUT2D eigenvalue weighted by molar-refractivity contribution is 0.344. The van der Waals surface area contributed by atoms with Crippen LogP contribution in [0.15, 0.2) is 24.3 Å². The number of rotatable bonds is 36. The van der Waals surface area contributed by atoms with E-state index < -0.39 is 21.3 Å². The topological polar surface area (TPSA) is 121 Å². The average molecular weight is 919 g/mol. The van der Waals surface area contributed by atoms with E-state index in [-0.39, 0.29) is 0 Å². The van der Waals surface area contributed by atoms with E-state index in [1.807, 2.05) is 12.1 Å². The van der Waals surface area contributed by atoms with Crippen molar-refractivity contribution >= 4 is 26.5 Å². The Labute approximate surface area is 390 Å². The first-order valence-corrected chi connectivity index (χ1v) is 29.4. The minimum atomic E-state index is -4.30. The van der Waals surface area contributed by atoms with Crippen LogP contribution in [0, 0.1) is 23.7 Å². The molecule has 0 aromatic heterocycles. The van der Waals surface area contributed by atoms with Crippen LogP contribution in [0.5, 0.6) is 0 Å². The Morgan fingerprint density at radius 1 is 0.333 bits per heavy atom. The lowest BCUT2D eigenvalue weighted by Crippen LogP contribution is -2.29. The van der Waals surface area contributed by atoms with Crippen molar-refractivity contribution < 1.29 is 29.4 Å². The van der Waals surface area contributed by atoms with Crippen LogP contribution in [-0.2, 0) is 31.1 Å². The van der Waals surface area contributed by atoms with E-state index in [0.29, 0.717) is 47.1 Å². The zero-order valence-electron chi connectivity index (χ0n) is 42.5. The van der Waals surface area contributed by atoms with Gasteiger partial charge >= 0.3 is 15.9 Å². The summed E-state index contributed by atoms with van der Waals surface area (Å²) >= 11 is 0. The number of hydrogen-bond donors (Lipinski definition) is 6. The summed E-state index contributed by atoms with van der Waals surface area (Å²) in [6.45, 7) is 22.8. The molecule has 0 aliphatic heterocycles. The molecule has 6 nitrogen and oxygen atoms in total. The van der Waals surface area contributed by atoms with E-state index in [0.717, 1.165) is 110 Å². The maximum atomic E-state index is 11.0. The summed E-state index contributed by atoms with van der Waals surface area (Å²) in [5.41, 5.74) is 5.84. The molecule has 0 fully saturated rings. The maximum Gasteiger partial charge on any atom is 0.441 e. The Morgan fingerprint density at radius 3 is 0.794 bits per heavy atom. The molecule has 0 amide bonds. The van der Waals surface area contributed by atoms with Gasteiger partial charge in [-0.1, -0.05) is 210 Å². The Balaban J connectivity index is 2.70. The monoisotopic (exact) mass is 919 g/mol. The highest BCUT2D eigenvalue weighted by atomic mass is 31.2. The van der Waals surface area contributed by atoms with Crippen molar-refractivity contribution in [3.8, 4) is 0 Å². The molecular weight excluding hydrogens is 819 g/mol. The van der Waals surface area contributed by atoms with Gasteiger partial charge in [0.15, 0.2) is 10.6 Å². The van der Waals surface area contributed by atoms with Crippen molar-refractivity contribution in [1.29, 1.82) is 0 Å². The molecule has 0 aliphatic carbocycles. The number of hydrogen-bond acceptors (Lipinski definition) is 6. The molecule has 2 aromatic carbocycles. The van der Waals surface area contributed by atoms with Crippen LogP contribution in [0.25, 0.3) is 0 Å². The number of benzene rings is 2. The highest BCUT2D eigenvalue weighted by Crippen LogP contribution is 2.49. The van der Waals surface area contributed by atoms with Gasteiger partial charge < -0.3 is 0 Å². The van der Waals surface area contributed by atoms with Crippen LogP contribution >= 0.6 is 15.9 Å². The third kappa shape index (κ3) is 22.6. The van der Waals surface area contributed by atoms with Crippen molar-refractivity contribution in [2.45, 2.75) is 254 Å². The van der Waals surface area contributed by atoms with Crippen LogP contribution in [0.3, 0.4) is 0 Å². The molecule has 8 heteroatoms. The molecule has 2 aromatic rings. The number of unbranched alkanes of at least 4 members (excludes halogenated alkanes) is 16. The summed E-state index contributed by atoms with van der Waals surface area (Å²) < 4.78 is 0. The van der Waals surface area contributed by atoms with Gasteiger partial charge in [0.25, 0.3) is 0 Å². The smallest absolute Gasteiger partial charge is 0.189 e. The van der Waals surface area contributed by atoms with Crippen molar-refractivity contribution in [3.05, 3.63) is 57.6 Å². The molecular formula is C55H100O6P2+2. The Bertz CT molecular complexity index is 1410. The molecule has 0 saturated carbocycles. The Kier molecular flexibility index (Phi) is 28.1. The minimum absolute atomic E-state index is 0.298. The molecule has 0 unspecified atom stereocenters. The third-order valence-corrected chi connectivity index (χ3v) is 15.8. The fraction of sp³-hybridized carbons (Fsp3) is 0.782. The van der Waals surface area contributed by atoms with Gasteiger partial charge in [-0.3, -0.25) is 0 Å². The molecule has 0 saturated heterocycles. The largest absolute Gasteiger partial charge is 0.441 e. The second-order valence-corrected chi connectivity index (χ2v) is 25.0. The maximum absolute atomic E-state index is 11.0. The van der Waals surface area contributed by atoms with E-state index >= 15 is 0 Å². The van der Waals surface area contributed by atoms with Gasteiger partial charge in [-0.2, -0.15) is 29.4 Å². The molecule has 0 spiro atoms. The fourth-order valence-electron chi connectivity index (χ4n) is 9.91. The molecule has 364 valence electrons. The molecule has 0 aliphatic rings. The summed E-state index contributed by atoms with van der Waals surface area (Å²) in [5, 5.41) is 0.595. The van der Waals surface area contributed by atoms with E-state index in [4.69, 9.17) is 0 Å². The van der Waals surface area contributed by atoms with Crippen LogP contribution in [0.1, 0.15) is 257 Å². The molecule has 0 radical (unpaired) electrons. The second kappa shape index (κ2) is 30.4. The zero-order valence-corrected chi connectivity index (χ0v) is 44.3. The quantitative estimate of drug-likeness (QED) is 0.0299. The summed E-state index contributed by atoms with van der Waals surface area (Å²) in [6.07, 6.45) is 30.6. The summed E-state index contributed by atoms with van der Waals surface area (Å²) in [5.74, 6) is 2.86. The van der Waals surface area contributed by atoms with Gasteiger partial charge in [0.2, 0.25) is 0 Å². The Hall–Kier alpha value is -0.940. The van der Waals surface area contributed by atoms with Crippen LogP contribution < -0.4 is 10.6 Å². The first-order valence-electron chi connectivity index (χ1n) is 26.1. The van der Waals surface area contributed by atoms with E-state index in [2.05, 4.69) is 69.2 Å². The standard InChI is InChI=1S/C55H100O6P2/c1-43(2)31-23-15-11-19-27-35-47-49(37-29-21-13-17-25-33-45(5)6)53(62(56,57)58)41-39-51(47)55(9,10)52-40-42-54(63(59,60)61)50(38-30-22-14-18-26-34-46(7)8)48(52)36-28-20-12-16-24-32-44(3)4/h39-46,56-61H,11-38H2,1-10H3/q+2. The van der Waals surface area contributed by atoms with E-state index in [1.165, 1.54) is 89.9 Å². The molecule has 0 heterocycles. The third-order valence-electron chi connectivity index (χ3n) is 13.6. The van der Waals surface area contributed by atoms with Gasteiger partial charge in [0.05, 0.1) is 0 Å². The molecule has 0 atom stereocenters. The first kappa shape index (κ1) is 58.2. The van der Waals surface area contributed by atoms with Crippen molar-refractivity contribution in [3.63, 3.8) is 0 Å². The average Bonchev–Trinajstić information content (AvgIpc) is 3.18. The van der Waals surface area contributed by atoms with Gasteiger partial charge in [0, 0.05) is 16.5 Å². The van der Waals surface area contributed by atoms with E-state index in [9.17, 15) is 29.4 Å². The molecule has 2 rings (SSSR count). The van der Waals surface area contributed by atoms with Gasteiger partial charge in [-0.15, -0.1) is 0 Å². The summed E-state index contributed by atoms with van der Waals surface area (Å²) in [4.78, 5) is 65.8. The zero-order chi connectivity index (χ0) is 47.1. The second-order valence-electron chi connectivity index (χ2n) is 21.7. The fourth-order valence-corrected chi connectivity index (χ4v) is 11.7. The summed E-state index contributed by atoms with van der Waals surface area (Å²) in [6, 6.07) is 7.67. The van der Waals surface area contributed by atoms with Crippen molar-refractivity contribution in [1.82, 2.24) is 0 Å². The van der Waals surface area contributed by atoms with Crippen LogP contribution in [-0.4, -0.2) is 29.4 Å². The van der Waals surface area contributed by atoms with Gasteiger partial charge in [0.1, 0.15) is 0 Å². The van der Waals surface area contributed by atoms with Crippen LogP contribution in [0.2, 0.25) is 0 Å². The highest BCUT2D eigenvalue weighted by molar-refractivity contribution is 7.67. The lowest BCUT2D eigenvalue weighted by Gasteiger charge is -2.34. The van der Waals surface area contributed by atoms with Gasteiger partial charge in [-0.05, 0) is 109 Å². The van der Waals surface area contributed by atoms with Gasteiger partial charge in [-0.25, -0.2) is 0 Å². The minimum Gasteiger partial charge on any atom is -0.189 e. The van der Waals surface area contributed by atoms with Crippen molar-refractivity contribution in [2.24, 2.45) is 23.7 Å².